The van der Waals surface area contributed by atoms with Gasteiger partial charge in [0.25, 0.3) is 0 Å². The summed E-state index contributed by atoms with van der Waals surface area (Å²) < 4.78 is 46.3. The van der Waals surface area contributed by atoms with Gasteiger partial charge in [-0.1, -0.05) is 0 Å². The Kier molecular flexibility index (Phi) is 4.97. The van der Waals surface area contributed by atoms with Crippen molar-refractivity contribution in [3.63, 3.8) is 0 Å². The molecule has 0 amide bonds. The van der Waals surface area contributed by atoms with Crippen LogP contribution in [0.4, 0.5) is 4.39 Å². The lowest BCUT2D eigenvalue weighted by atomic mass is 10.1. The van der Waals surface area contributed by atoms with Crippen LogP contribution in [0, 0.1) is 11.7 Å². The van der Waals surface area contributed by atoms with Crippen LogP contribution in [-0.4, -0.2) is 34.2 Å². The molecule has 1 fully saturated rings. The first-order valence-corrected chi connectivity index (χ1v) is 8.39. The van der Waals surface area contributed by atoms with Crippen molar-refractivity contribution in [1.29, 1.82) is 0 Å². The Morgan fingerprint density at radius 1 is 1.52 bits per heavy atom. The van der Waals surface area contributed by atoms with Gasteiger partial charge in [-0.05, 0) is 34.5 Å². The first-order chi connectivity index (χ1) is 9.79. The Labute approximate surface area is 129 Å². The summed E-state index contributed by atoms with van der Waals surface area (Å²) in [6, 6.07) is 1.88. The Bertz CT molecular complexity index is 658. The van der Waals surface area contributed by atoms with Crippen LogP contribution in [0.1, 0.15) is 16.8 Å². The lowest BCUT2D eigenvalue weighted by Gasteiger charge is -2.10. The van der Waals surface area contributed by atoms with Crippen molar-refractivity contribution in [2.45, 2.75) is 11.3 Å². The lowest BCUT2D eigenvalue weighted by Crippen LogP contribution is -2.17. The second-order valence-corrected chi connectivity index (χ2v) is 6.97. The van der Waals surface area contributed by atoms with Crippen LogP contribution >= 0.6 is 15.9 Å². The largest absolute Gasteiger partial charge is 0.462 e. The fourth-order valence-corrected chi connectivity index (χ4v) is 3.42. The Hall–Kier alpha value is -1.03. The van der Waals surface area contributed by atoms with Crippen LogP contribution in [-0.2, 0) is 19.5 Å². The van der Waals surface area contributed by atoms with Gasteiger partial charge in [-0.2, -0.15) is 0 Å². The summed E-state index contributed by atoms with van der Waals surface area (Å²) in [5.41, 5.74) is -0.210. The van der Waals surface area contributed by atoms with Crippen molar-refractivity contribution in [1.82, 2.24) is 0 Å². The van der Waals surface area contributed by atoms with E-state index in [1.165, 1.54) is 0 Å². The van der Waals surface area contributed by atoms with Crippen molar-refractivity contribution < 1.29 is 27.1 Å². The molecule has 6 nitrogen and oxygen atoms in total. The molecule has 2 N–H and O–H groups in total. The number of esters is 1. The summed E-state index contributed by atoms with van der Waals surface area (Å²) in [6.45, 7) is 1.26. The van der Waals surface area contributed by atoms with E-state index in [1.54, 1.807) is 0 Å². The van der Waals surface area contributed by atoms with Gasteiger partial charge in [0.2, 0.25) is 10.0 Å². The predicted octanol–water partition coefficient (Wildman–Crippen LogP) is 1.43. The van der Waals surface area contributed by atoms with E-state index in [2.05, 4.69) is 15.9 Å². The molecule has 0 saturated carbocycles. The molecule has 1 aromatic carbocycles. The normalized spacial score (nSPS) is 18.7. The quantitative estimate of drug-likeness (QED) is 0.795. The first-order valence-electron chi connectivity index (χ1n) is 6.05. The fourth-order valence-electron chi connectivity index (χ4n) is 1.88. The number of ether oxygens (including phenoxy) is 2. The molecular weight excluding hydrogens is 369 g/mol. The first kappa shape index (κ1) is 16.3. The lowest BCUT2D eigenvalue weighted by molar-refractivity contribution is 0.0427. The molecule has 0 aliphatic carbocycles. The molecule has 0 aromatic heterocycles. The highest BCUT2D eigenvalue weighted by atomic mass is 79.9. The molecule has 21 heavy (non-hydrogen) atoms. The smallest absolute Gasteiger partial charge is 0.338 e. The van der Waals surface area contributed by atoms with Crippen LogP contribution in [0.25, 0.3) is 0 Å². The summed E-state index contributed by atoms with van der Waals surface area (Å²) >= 11 is 2.79. The van der Waals surface area contributed by atoms with Gasteiger partial charge in [-0.25, -0.2) is 22.7 Å². The minimum atomic E-state index is -4.16. The molecule has 0 bridgehead atoms. The van der Waals surface area contributed by atoms with Crippen molar-refractivity contribution in [3.8, 4) is 0 Å². The standard InChI is InChI=1S/C12H13BrFNO5S/c13-11-9(14)3-8(4-10(11)21(15,17)18)12(16)20-6-7-1-2-19-5-7/h3-4,7H,1-2,5-6H2,(H2,15,17,18). The van der Waals surface area contributed by atoms with Crippen molar-refractivity contribution in [3.05, 3.63) is 28.0 Å². The highest BCUT2D eigenvalue weighted by Crippen LogP contribution is 2.26. The highest BCUT2D eigenvalue weighted by molar-refractivity contribution is 9.10. The Morgan fingerprint density at radius 2 is 2.24 bits per heavy atom. The van der Waals surface area contributed by atoms with Crippen LogP contribution in [0.5, 0.6) is 0 Å². The zero-order chi connectivity index (χ0) is 15.6. The molecule has 0 spiro atoms. The van der Waals surface area contributed by atoms with E-state index >= 15 is 0 Å². The maximum absolute atomic E-state index is 13.7. The van der Waals surface area contributed by atoms with E-state index in [1.807, 2.05) is 0 Å². The number of hydrogen-bond acceptors (Lipinski definition) is 5. The minimum Gasteiger partial charge on any atom is -0.462 e. The van der Waals surface area contributed by atoms with E-state index < -0.39 is 26.7 Å². The van der Waals surface area contributed by atoms with Crippen molar-refractivity contribution >= 4 is 31.9 Å². The molecule has 1 unspecified atom stereocenters. The third kappa shape index (κ3) is 4.00. The fraction of sp³-hybridized carbons (Fsp3) is 0.417. The molecule has 116 valence electrons. The van der Waals surface area contributed by atoms with E-state index in [0.717, 1.165) is 18.6 Å². The molecule has 1 aliphatic heterocycles. The number of primary sulfonamides is 1. The van der Waals surface area contributed by atoms with Gasteiger partial charge in [0, 0.05) is 12.5 Å². The number of benzene rings is 1. The van der Waals surface area contributed by atoms with Crippen LogP contribution in [0.2, 0.25) is 0 Å². The predicted molar refractivity (Wildman–Crippen MR) is 74.7 cm³/mol. The molecule has 9 heteroatoms. The molecular formula is C12H13BrFNO5S. The number of halogens is 2. The molecule has 1 atom stereocenters. The van der Waals surface area contributed by atoms with Crippen LogP contribution < -0.4 is 5.14 Å². The third-order valence-electron chi connectivity index (χ3n) is 3.01. The number of hydrogen-bond donors (Lipinski definition) is 1. The van der Waals surface area contributed by atoms with E-state index in [4.69, 9.17) is 14.6 Å². The average Bonchev–Trinajstić information content (AvgIpc) is 2.90. The zero-order valence-electron chi connectivity index (χ0n) is 10.8. The van der Waals surface area contributed by atoms with Crippen LogP contribution in [0.3, 0.4) is 0 Å². The van der Waals surface area contributed by atoms with Crippen molar-refractivity contribution in [2.75, 3.05) is 19.8 Å². The maximum Gasteiger partial charge on any atom is 0.338 e. The molecule has 0 radical (unpaired) electrons. The summed E-state index contributed by atoms with van der Waals surface area (Å²) in [5, 5.41) is 4.98. The molecule has 1 saturated heterocycles. The Balaban J connectivity index is 2.19. The van der Waals surface area contributed by atoms with Gasteiger partial charge < -0.3 is 9.47 Å². The summed E-state index contributed by atoms with van der Waals surface area (Å²) in [4.78, 5) is 11.4. The second-order valence-electron chi connectivity index (χ2n) is 4.64. The SMILES string of the molecule is NS(=O)(=O)c1cc(C(=O)OCC2CCOC2)cc(F)c1Br. The van der Waals surface area contributed by atoms with Gasteiger partial charge in [-0.15, -0.1) is 0 Å². The Morgan fingerprint density at radius 3 is 2.81 bits per heavy atom. The molecule has 1 aliphatic rings. The average molecular weight is 382 g/mol. The monoisotopic (exact) mass is 381 g/mol. The number of sulfonamides is 1. The maximum atomic E-state index is 13.7. The number of rotatable bonds is 4. The van der Waals surface area contributed by atoms with E-state index in [0.29, 0.717) is 13.2 Å². The van der Waals surface area contributed by atoms with E-state index in [-0.39, 0.29) is 22.6 Å². The van der Waals surface area contributed by atoms with Crippen LogP contribution in [0.15, 0.2) is 21.5 Å². The topological polar surface area (TPSA) is 95.7 Å². The highest BCUT2D eigenvalue weighted by Gasteiger charge is 2.22. The summed E-state index contributed by atoms with van der Waals surface area (Å²) in [6.07, 6.45) is 0.782. The minimum absolute atomic E-state index is 0.104. The van der Waals surface area contributed by atoms with Gasteiger partial charge in [0.15, 0.2) is 0 Å². The van der Waals surface area contributed by atoms with Gasteiger partial charge in [0.1, 0.15) is 5.82 Å². The zero-order valence-corrected chi connectivity index (χ0v) is 13.2. The van der Waals surface area contributed by atoms with Gasteiger partial charge >= 0.3 is 5.97 Å². The third-order valence-corrected chi connectivity index (χ3v) is 5.01. The number of nitrogens with two attached hydrogens (primary N) is 1. The summed E-state index contributed by atoms with van der Waals surface area (Å²) in [7, 11) is -4.16. The number of carbonyl (C=O) groups excluding carboxylic acids is 1. The molecule has 1 heterocycles. The van der Waals surface area contributed by atoms with Gasteiger partial charge in [-0.3, -0.25) is 0 Å². The second kappa shape index (κ2) is 6.39. The van der Waals surface area contributed by atoms with Crippen molar-refractivity contribution in [2.24, 2.45) is 11.1 Å². The molecule has 1 aromatic rings. The van der Waals surface area contributed by atoms with E-state index in [9.17, 15) is 17.6 Å². The molecule has 2 rings (SSSR count). The van der Waals surface area contributed by atoms with Gasteiger partial charge in [0.05, 0.1) is 28.1 Å². The summed E-state index contributed by atoms with van der Waals surface area (Å²) in [5.74, 6) is -1.61. The number of carbonyl (C=O) groups is 1.